The van der Waals surface area contributed by atoms with Crippen molar-refractivity contribution in [2.45, 2.75) is 95.3 Å². The summed E-state index contributed by atoms with van der Waals surface area (Å²) in [5.41, 5.74) is -2.04. The van der Waals surface area contributed by atoms with Gasteiger partial charge in [0.25, 0.3) is 0 Å². The molecule has 144 valence electrons. The lowest BCUT2D eigenvalue weighted by Crippen LogP contribution is -1.90. The third-order valence-corrected chi connectivity index (χ3v) is 7.30. The predicted octanol–water partition coefficient (Wildman–Crippen LogP) is 7.23. The quantitative estimate of drug-likeness (QED) is 0.240. The molecule has 0 spiro atoms. The second-order valence-corrected chi connectivity index (χ2v) is 12.7. The Morgan fingerprint density at radius 3 is 1.80 bits per heavy atom. The molecule has 0 aromatic heterocycles. The predicted molar refractivity (Wildman–Crippen MR) is 116 cm³/mol. The average Bonchev–Trinajstić information content (AvgIpc) is 2.56. The van der Waals surface area contributed by atoms with Crippen LogP contribution in [0, 0.1) is 0 Å². The van der Waals surface area contributed by atoms with E-state index in [4.69, 9.17) is 11.8 Å². The summed E-state index contributed by atoms with van der Waals surface area (Å²) >= 11 is 5.79. The van der Waals surface area contributed by atoms with Gasteiger partial charge >= 0.3 is 0 Å². The molecule has 0 radical (unpaired) electrons. The van der Waals surface area contributed by atoms with Crippen molar-refractivity contribution in [1.29, 1.82) is 0 Å². The van der Waals surface area contributed by atoms with Crippen LogP contribution >= 0.6 is 17.1 Å². The number of unbranched alkanes of at least 4 members (excludes halogenated alkanes) is 11. The molecular weight excluding hydrogens is 367 g/mol. The Labute approximate surface area is 163 Å². The van der Waals surface area contributed by atoms with Gasteiger partial charge in [0.05, 0.1) is 0 Å². The molecule has 0 saturated heterocycles. The molecule has 1 rings (SSSR count). The lowest BCUT2D eigenvalue weighted by Gasteiger charge is -2.11. The molecule has 0 heterocycles. The largest absolute Gasteiger partial charge is 0.337 e. The van der Waals surface area contributed by atoms with Crippen LogP contribution in [0.1, 0.15) is 89.5 Å². The topological polar surface area (TPSA) is 40.5 Å². The number of benzene rings is 1. The maximum Gasteiger partial charge on any atom is 0.246 e. The van der Waals surface area contributed by atoms with Crippen LogP contribution in [0.15, 0.2) is 29.2 Å². The van der Waals surface area contributed by atoms with Crippen LogP contribution in [-0.4, -0.2) is 9.79 Å². The van der Waals surface area contributed by atoms with Crippen molar-refractivity contribution < 1.29 is 9.79 Å². The van der Waals surface area contributed by atoms with Crippen LogP contribution in [0.3, 0.4) is 0 Å². The van der Waals surface area contributed by atoms with E-state index < -0.39 is 5.69 Å². The molecule has 0 aliphatic heterocycles. The SMILES string of the molecule is CCCCCCCCCCCCCCc1ccccc1SP(O)(O)=S. The molecule has 0 unspecified atom stereocenters. The van der Waals surface area contributed by atoms with E-state index in [1.165, 1.54) is 76.2 Å². The van der Waals surface area contributed by atoms with Crippen molar-refractivity contribution in [2.24, 2.45) is 0 Å². The molecule has 0 atom stereocenters. The van der Waals surface area contributed by atoms with Crippen molar-refractivity contribution in [3.63, 3.8) is 0 Å². The monoisotopic (exact) mass is 402 g/mol. The van der Waals surface area contributed by atoms with Crippen molar-refractivity contribution in [1.82, 2.24) is 0 Å². The van der Waals surface area contributed by atoms with Gasteiger partial charge in [-0.05, 0) is 47.7 Å². The fourth-order valence-corrected chi connectivity index (χ4v) is 5.79. The van der Waals surface area contributed by atoms with Gasteiger partial charge in [-0.3, -0.25) is 0 Å². The molecule has 25 heavy (non-hydrogen) atoms. The number of rotatable bonds is 15. The minimum atomic E-state index is -3.23. The van der Waals surface area contributed by atoms with Crippen molar-refractivity contribution >= 4 is 28.9 Å². The van der Waals surface area contributed by atoms with E-state index in [2.05, 4.69) is 13.0 Å². The summed E-state index contributed by atoms with van der Waals surface area (Å²) in [6.07, 6.45) is 17.2. The van der Waals surface area contributed by atoms with E-state index >= 15 is 0 Å². The Kier molecular flexibility index (Phi) is 13.2. The Balaban J connectivity index is 2.06. The first-order chi connectivity index (χ1) is 12.0. The van der Waals surface area contributed by atoms with Crippen molar-refractivity contribution in [2.75, 3.05) is 0 Å². The van der Waals surface area contributed by atoms with Crippen molar-refractivity contribution in [3.8, 4) is 0 Å². The highest BCUT2D eigenvalue weighted by Crippen LogP contribution is 2.55. The summed E-state index contributed by atoms with van der Waals surface area (Å²) in [5, 5.41) is 0. The summed E-state index contributed by atoms with van der Waals surface area (Å²) in [5.74, 6) is 0. The third kappa shape index (κ3) is 13.0. The molecule has 1 aromatic carbocycles. The standard InChI is InChI=1S/C20H35O2PS2/c1-2-3-4-5-6-7-8-9-10-11-12-13-16-19-17-14-15-18-20(19)25-23(21,22)24/h14-15,17-18H,2-13,16H2,1H3,(H2,21,22,24). The van der Waals surface area contributed by atoms with Crippen LogP contribution in [0.2, 0.25) is 0 Å². The fourth-order valence-electron chi connectivity index (χ4n) is 3.08. The lowest BCUT2D eigenvalue weighted by atomic mass is 10.0. The second-order valence-electron chi connectivity index (χ2n) is 6.83. The molecule has 2 N–H and O–H groups in total. The number of aryl methyl sites for hydroxylation is 1. The average molecular weight is 403 g/mol. The zero-order valence-corrected chi connectivity index (χ0v) is 18.2. The molecule has 0 fully saturated rings. The Bertz CT molecular complexity index is 502. The summed E-state index contributed by atoms with van der Waals surface area (Å²) in [6, 6.07) is 7.96. The molecule has 0 bridgehead atoms. The van der Waals surface area contributed by atoms with Gasteiger partial charge in [-0.25, -0.2) is 0 Å². The molecular formula is C20H35O2PS2. The van der Waals surface area contributed by atoms with Crippen molar-refractivity contribution in [3.05, 3.63) is 29.8 Å². The summed E-state index contributed by atoms with van der Waals surface area (Å²) in [6.45, 7) is 2.27. The smallest absolute Gasteiger partial charge is 0.246 e. The van der Waals surface area contributed by atoms with Gasteiger partial charge < -0.3 is 9.79 Å². The van der Waals surface area contributed by atoms with Gasteiger partial charge in [-0.2, -0.15) is 0 Å². The Morgan fingerprint density at radius 1 is 0.800 bits per heavy atom. The molecule has 0 saturated carbocycles. The molecule has 0 amide bonds. The maximum atomic E-state index is 9.51. The normalized spacial score (nSPS) is 11.8. The lowest BCUT2D eigenvalue weighted by molar-refractivity contribution is 0.502. The zero-order chi connectivity index (χ0) is 18.4. The van der Waals surface area contributed by atoms with Crippen LogP contribution < -0.4 is 0 Å². The molecule has 0 aliphatic rings. The third-order valence-electron chi connectivity index (χ3n) is 4.49. The van der Waals surface area contributed by atoms with Gasteiger partial charge in [0, 0.05) is 4.90 Å². The van der Waals surface area contributed by atoms with Crippen LogP contribution in [0.5, 0.6) is 0 Å². The van der Waals surface area contributed by atoms with E-state index in [1.807, 2.05) is 18.2 Å². The highest BCUT2D eigenvalue weighted by Gasteiger charge is 2.12. The van der Waals surface area contributed by atoms with Gasteiger partial charge in [0.2, 0.25) is 5.69 Å². The number of hydrogen-bond donors (Lipinski definition) is 2. The minimum absolute atomic E-state index is 0.930. The number of hydrogen-bond acceptors (Lipinski definition) is 2. The zero-order valence-electron chi connectivity index (χ0n) is 15.7. The molecule has 2 nitrogen and oxygen atoms in total. The molecule has 1 aromatic rings. The van der Waals surface area contributed by atoms with Gasteiger partial charge in [-0.1, -0.05) is 95.8 Å². The van der Waals surface area contributed by atoms with Gasteiger partial charge in [0.1, 0.15) is 0 Å². The Hall–Kier alpha value is 0.140. The van der Waals surface area contributed by atoms with E-state index in [0.29, 0.717) is 0 Å². The van der Waals surface area contributed by atoms with E-state index in [1.54, 1.807) is 0 Å². The minimum Gasteiger partial charge on any atom is -0.337 e. The first-order valence-electron chi connectivity index (χ1n) is 9.86. The maximum absolute atomic E-state index is 9.51. The van der Waals surface area contributed by atoms with E-state index in [-0.39, 0.29) is 0 Å². The molecule has 5 heteroatoms. The van der Waals surface area contributed by atoms with E-state index in [9.17, 15) is 9.79 Å². The second kappa shape index (κ2) is 14.2. The summed E-state index contributed by atoms with van der Waals surface area (Å²) in [7, 11) is 0. The Morgan fingerprint density at radius 2 is 1.28 bits per heavy atom. The van der Waals surface area contributed by atoms with Gasteiger partial charge in [-0.15, -0.1) is 0 Å². The molecule has 0 aliphatic carbocycles. The van der Waals surface area contributed by atoms with Gasteiger partial charge in [0.15, 0.2) is 0 Å². The summed E-state index contributed by atoms with van der Waals surface area (Å²) < 4.78 is 0. The fraction of sp³-hybridized carbons (Fsp3) is 0.700. The van der Waals surface area contributed by atoms with E-state index in [0.717, 1.165) is 29.1 Å². The highest BCUT2D eigenvalue weighted by atomic mass is 32.9. The first-order valence-corrected chi connectivity index (χ1v) is 14.0. The highest BCUT2D eigenvalue weighted by molar-refractivity contribution is 8.67. The van der Waals surface area contributed by atoms with Crippen LogP contribution in [0.4, 0.5) is 0 Å². The van der Waals surface area contributed by atoms with Crippen LogP contribution in [-0.2, 0) is 18.2 Å². The first kappa shape index (κ1) is 23.2. The van der Waals surface area contributed by atoms with Crippen LogP contribution in [0.25, 0.3) is 0 Å². The summed E-state index contributed by atoms with van der Waals surface area (Å²) in [4.78, 5) is 20.0.